The van der Waals surface area contributed by atoms with Gasteiger partial charge in [0.25, 0.3) is 0 Å². The van der Waals surface area contributed by atoms with Gasteiger partial charge in [0, 0.05) is 50.3 Å². The summed E-state index contributed by atoms with van der Waals surface area (Å²) in [5, 5.41) is 3.14. The van der Waals surface area contributed by atoms with Gasteiger partial charge in [-0.1, -0.05) is 0 Å². The predicted molar refractivity (Wildman–Crippen MR) is 106 cm³/mol. The average molecular weight is 399 g/mol. The second kappa shape index (κ2) is 7.46. The molecular formula is C21H29N5O3. The standard InChI is InChI=1S/C21H29N5O3/c1-29-18-7-8-22-21(24-18)25-11-14-9-15(12-25)17(10-23-20(28)13-5-6-13)26-16(14)3-2-4-19(26)27/h7-8,13-17H,2-6,9-12H2,1H3,(H,23,28)/t14-,15+,16+,17+/m1/s1. The van der Waals surface area contributed by atoms with Crippen LogP contribution in [0.15, 0.2) is 12.3 Å². The number of fused-ring (bicyclic) bond motifs is 4. The highest BCUT2D eigenvalue weighted by Gasteiger charge is 2.50. The van der Waals surface area contributed by atoms with Crippen LogP contribution in [0, 0.1) is 17.8 Å². The summed E-state index contributed by atoms with van der Waals surface area (Å²) in [6.45, 7) is 2.21. The monoisotopic (exact) mass is 399 g/mol. The molecule has 5 rings (SSSR count). The van der Waals surface area contributed by atoms with Crippen LogP contribution in [-0.2, 0) is 9.59 Å². The van der Waals surface area contributed by atoms with Crippen molar-refractivity contribution in [3.05, 3.63) is 12.3 Å². The van der Waals surface area contributed by atoms with Crippen LogP contribution in [0.1, 0.15) is 38.5 Å². The molecule has 1 saturated carbocycles. The van der Waals surface area contributed by atoms with Crippen LogP contribution < -0.4 is 15.0 Å². The van der Waals surface area contributed by atoms with Crippen molar-refractivity contribution in [2.75, 3.05) is 31.6 Å². The summed E-state index contributed by atoms with van der Waals surface area (Å²) in [4.78, 5) is 38.5. The molecule has 0 unspecified atom stereocenters. The largest absolute Gasteiger partial charge is 0.481 e. The minimum absolute atomic E-state index is 0.0557. The molecule has 1 N–H and O–H groups in total. The van der Waals surface area contributed by atoms with E-state index < -0.39 is 0 Å². The fourth-order valence-corrected chi connectivity index (χ4v) is 5.49. The van der Waals surface area contributed by atoms with Gasteiger partial charge < -0.3 is 19.9 Å². The molecule has 4 heterocycles. The summed E-state index contributed by atoms with van der Waals surface area (Å²) in [6.07, 6.45) is 7.45. The van der Waals surface area contributed by atoms with Crippen molar-refractivity contribution < 1.29 is 14.3 Å². The Bertz CT molecular complexity index is 798. The van der Waals surface area contributed by atoms with Crippen LogP contribution in [-0.4, -0.2) is 65.5 Å². The Balaban J connectivity index is 1.39. The molecule has 1 aromatic rings. The SMILES string of the molecule is COc1ccnc(N2C[C@H]3C[C@@H](C2)[C@H](CNC(=O)C2CC2)N2C(=O)CCC[C@@H]32)n1. The number of carbonyl (C=O) groups is 2. The van der Waals surface area contributed by atoms with Crippen molar-refractivity contribution in [2.45, 2.75) is 50.6 Å². The fraction of sp³-hybridized carbons (Fsp3) is 0.714. The Labute approximate surface area is 171 Å². The molecule has 4 atom stereocenters. The number of carbonyl (C=O) groups excluding carboxylic acids is 2. The lowest BCUT2D eigenvalue weighted by molar-refractivity contribution is -0.149. The van der Waals surface area contributed by atoms with Crippen molar-refractivity contribution in [3.8, 4) is 5.88 Å². The number of hydrogen-bond donors (Lipinski definition) is 1. The van der Waals surface area contributed by atoms with E-state index in [0.29, 0.717) is 36.6 Å². The molecular weight excluding hydrogens is 370 g/mol. The van der Waals surface area contributed by atoms with Gasteiger partial charge in [-0.25, -0.2) is 4.98 Å². The minimum Gasteiger partial charge on any atom is -0.481 e. The van der Waals surface area contributed by atoms with E-state index in [9.17, 15) is 9.59 Å². The quantitative estimate of drug-likeness (QED) is 0.801. The second-order valence-corrected chi connectivity index (χ2v) is 8.91. The number of piperidine rings is 3. The first kappa shape index (κ1) is 18.6. The van der Waals surface area contributed by atoms with Gasteiger partial charge in [0.1, 0.15) is 0 Å². The van der Waals surface area contributed by atoms with E-state index in [2.05, 4.69) is 25.1 Å². The molecule has 3 saturated heterocycles. The Morgan fingerprint density at radius 3 is 2.90 bits per heavy atom. The van der Waals surface area contributed by atoms with E-state index in [-0.39, 0.29) is 29.8 Å². The highest BCUT2D eigenvalue weighted by atomic mass is 16.5. The lowest BCUT2D eigenvalue weighted by Gasteiger charge is -2.56. The van der Waals surface area contributed by atoms with Gasteiger partial charge in [-0.05, 0) is 43.9 Å². The van der Waals surface area contributed by atoms with Gasteiger partial charge in [0.2, 0.25) is 23.6 Å². The average Bonchev–Trinajstić information content (AvgIpc) is 3.59. The van der Waals surface area contributed by atoms with Crippen LogP contribution in [0.3, 0.4) is 0 Å². The Hall–Kier alpha value is -2.38. The van der Waals surface area contributed by atoms with Crippen molar-refractivity contribution in [2.24, 2.45) is 17.8 Å². The summed E-state index contributed by atoms with van der Waals surface area (Å²) in [7, 11) is 1.61. The first-order chi connectivity index (χ1) is 14.1. The third-order valence-electron chi connectivity index (χ3n) is 7.04. The van der Waals surface area contributed by atoms with E-state index >= 15 is 0 Å². The maximum atomic E-state index is 12.9. The molecule has 1 aliphatic carbocycles. The molecule has 0 spiro atoms. The van der Waals surface area contributed by atoms with Crippen molar-refractivity contribution in [1.29, 1.82) is 0 Å². The zero-order valence-electron chi connectivity index (χ0n) is 16.9. The summed E-state index contributed by atoms with van der Waals surface area (Å²) < 4.78 is 5.28. The van der Waals surface area contributed by atoms with Crippen molar-refractivity contribution in [1.82, 2.24) is 20.2 Å². The number of rotatable bonds is 5. The molecule has 8 nitrogen and oxygen atoms in total. The number of methoxy groups -OCH3 is 1. The number of anilines is 1. The number of aromatic nitrogens is 2. The normalized spacial score (nSPS) is 31.3. The third kappa shape index (κ3) is 3.53. The van der Waals surface area contributed by atoms with Gasteiger partial charge in [0.05, 0.1) is 13.2 Å². The van der Waals surface area contributed by atoms with Gasteiger partial charge in [-0.3, -0.25) is 9.59 Å². The Kier molecular flexibility index (Phi) is 4.80. The lowest BCUT2D eigenvalue weighted by Crippen LogP contribution is -2.67. The third-order valence-corrected chi connectivity index (χ3v) is 7.04. The van der Waals surface area contributed by atoms with Gasteiger partial charge >= 0.3 is 0 Å². The zero-order valence-corrected chi connectivity index (χ0v) is 16.9. The molecule has 3 aliphatic heterocycles. The number of ether oxygens (including phenoxy) is 1. The van der Waals surface area contributed by atoms with E-state index in [1.165, 1.54) is 0 Å². The summed E-state index contributed by atoms with van der Waals surface area (Å²) in [6, 6.07) is 2.07. The summed E-state index contributed by atoms with van der Waals surface area (Å²) in [5.41, 5.74) is 0. The van der Waals surface area contributed by atoms with Crippen LogP contribution >= 0.6 is 0 Å². The van der Waals surface area contributed by atoms with E-state index in [0.717, 1.165) is 45.2 Å². The summed E-state index contributed by atoms with van der Waals surface area (Å²) >= 11 is 0. The number of nitrogens with zero attached hydrogens (tertiary/aromatic N) is 4. The maximum Gasteiger partial charge on any atom is 0.228 e. The molecule has 2 bridgehead atoms. The smallest absolute Gasteiger partial charge is 0.228 e. The highest BCUT2D eigenvalue weighted by molar-refractivity contribution is 5.81. The molecule has 29 heavy (non-hydrogen) atoms. The minimum atomic E-state index is 0.0557. The Morgan fingerprint density at radius 1 is 1.28 bits per heavy atom. The van der Waals surface area contributed by atoms with Crippen LogP contribution in [0.25, 0.3) is 0 Å². The van der Waals surface area contributed by atoms with Gasteiger partial charge in [-0.2, -0.15) is 4.98 Å². The van der Waals surface area contributed by atoms with Crippen LogP contribution in [0.2, 0.25) is 0 Å². The molecule has 0 aromatic carbocycles. The first-order valence-corrected chi connectivity index (χ1v) is 10.8. The Morgan fingerprint density at radius 2 is 2.10 bits per heavy atom. The molecule has 0 radical (unpaired) electrons. The van der Waals surface area contributed by atoms with Crippen LogP contribution in [0.5, 0.6) is 5.88 Å². The van der Waals surface area contributed by atoms with Crippen molar-refractivity contribution in [3.63, 3.8) is 0 Å². The van der Waals surface area contributed by atoms with E-state index in [1.54, 1.807) is 19.4 Å². The first-order valence-electron chi connectivity index (χ1n) is 10.8. The molecule has 4 fully saturated rings. The number of hydrogen-bond acceptors (Lipinski definition) is 6. The number of nitrogens with one attached hydrogen (secondary N) is 1. The predicted octanol–water partition coefficient (Wildman–Crippen LogP) is 1.22. The molecule has 156 valence electrons. The fourth-order valence-electron chi connectivity index (χ4n) is 5.49. The highest BCUT2D eigenvalue weighted by Crippen LogP contribution is 2.42. The van der Waals surface area contributed by atoms with Crippen molar-refractivity contribution >= 4 is 17.8 Å². The zero-order chi connectivity index (χ0) is 20.0. The topological polar surface area (TPSA) is 87.7 Å². The van der Waals surface area contributed by atoms with Crippen LogP contribution in [0.4, 0.5) is 5.95 Å². The number of amides is 2. The maximum absolute atomic E-state index is 12.9. The lowest BCUT2D eigenvalue weighted by atomic mass is 9.72. The molecule has 8 heteroatoms. The summed E-state index contributed by atoms with van der Waals surface area (Å²) in [5.74, 6) is 2.57. The van der Waals surface area contributed by atoms with E-state index in [4.69, 9.17) is 4.74 Å². The molecule has 2 amide bonds. The van der Waals surface area contributed by atoms with Gasteiger partial charge in [-0.15, -0.1) is 0 Å². The van der Waals surface area contributed by atoms with E-state index in [1.807, 2.05) is 0 Å². The molecule has 4 aliphatic rings. The van der Waals surface area contributed by atoms with Gasteiger partial charge in [0.15, 0.2) is 0 Å². The second-order valence-electron chi connectivity index (χ2n) is 8.91. The molecule has 1 aromatic heterocycles.